The third-order valence-corrected chi connectivity index (χ3v) is 4.54. The molecule has 0 aliphatic carbocycles. The van der Waals surface area contributed by atoms with E-state index in [-0.39, 0.29) is 5.69 Å². The van der Waals surface area contributed by atoms with Gasteiger partial charge in [-0.15, -0.1) is 0 Å². The lowest BCUT2D eigenvalue weighted by atomic mass is 10.1. The van der Waals surface area contributed by atoms with Crippen molar-refractivity contribution in [2.45, 2.75) is 25.7 Å². The first-order valence-corrected chi connectivity index (χ1v) is 7.85. The average Bonchev–Trinajstić information content (AvgIpc) is 2.33. The molecule has 0 fully saturated rings. The van der Waals surface area contributed by atoms with Crippen molar-refractivity contribution in [3.05, 3.63) is 52.8 Å². The molecule has 112 valence electrons. The highest BCUT2D eigenvalue weighted by molar-refractivity contribution is 7.92. The predicted octanol–water partition coefficient (Wildman–Crippen LogP) is 3.13. The van der Waals surface area contributed by atoms with Gasteiger partial charge in [-0.05, 0) is 50.1 Å². The Hall–Kier alpha value is -2.08. The number of anilines is 2. The number of nitrogens with two attached hydrogens (primary N) is 1. The summed E-state index contributed by atoms with van der Waals surface area (Å²) in [5.41, 5.74) is 8.68. The summed E-state index contributed by atoms with van der Waals surface area (Å²) >= 11 is 0. The van der Waals surface area contributed by atoms with Crippen molar-refractivity contribution in [2.24, 2.45) is 0 Å². The summed E-state index contributed by atoms with van der Waals surface area (Å²) in [6.07, 6.45) is 0. The molecule has 0 saturated carbocycles. The number of rotatable bonds is 3. The molecule has 0 spiro atoms. The number of aryl methyl sites for hydroxylation is 3. The zero-order chi connectivity index (χ0) is 15.8. The maximum Gasteiger partial charge on any atom is 0.264 e. The smallest absolute Gasteiger partial charge is 0.264 e. The summed E-state index contributed by atoms with van der Waals surface area (Å²) in [6, 6.07) is 7.23. The number of nitrogen functional groups attached to an aromatic ring is 1. The highest BCUT2D eigenvalue weighted by atomic mass is 32.2. The Morgan fingerprint density at radius 1 is 1.05 bits per heavy atom. The Labute approximate surface area is 123 Å². The lowest BCUT2D eigenvalue weighted by molar-refractivity contribution is 0.571. The van der Waals surface area contributed by atoms with Gasteiger partial charge in [-0.25, -0.2) is 12.8 Å². The largest absolute Gasteiger partial charge is 0.399 e. The maximum atomic E-state index is 13.8. The molecule has 2 aromatic carbocycles. The van der Waals surface area contributed by atoms with E-state index in [1.807, 2.05) is 19.1 Å². The SMILES string of the molecule is Cc1cc(C)c(NS(=O)(=O)c2ccc(N)cc2F)c(C)c1. The van der Waals surface area contributed by atoms with Crippen LogP contribution in [-0.2, 0) is 10.0 Å². The highest BCUT2D eigenvalue weighted by Gasteiger charge is 2.20. The molecule has 0 atom stereocenters. The first kappa shape index (κ1) is 15.3. The van der Waals surface area contributed by atoms with Crippen LogP contribution in [0.4, 0.5) is 15.8 Å². The Kier molecular flexibility index (Phi) is 3.91. The van der Waals surface area contributed by atoms with E-state index in [2.05, 4.69) is 4.72 Å². The second-order valence-electron chi connectivity index (χ2n) is 5.07. The topological polar surface area (TPSA) is 72.2 Å². The first-order valence-electron chi connectivity index (χ1n) is 6.36. The summed E-state index contributed by atoms with van der Waals surface area (Å²) in [5.74, 6) is -0.870. The summed E-state index contributed by atoms with van der Waals surface area (Å²) in [7, 11) is -4.00. The van der Waals surface area contributed by atoms with Crippen LogP contribution in [0.1, 0.15) is 16.7 Å². The van der Waals surface area contributed by atoms with Crippen molar-refractivity contribution in [3.8, 4) is 0 Å². The van der Waals surface area contributed by atoms with Gasteiger partial charge in [0.25, 0.3) is 10.0 Å². The van der Waals surface area contributed by atoms with Crippen LogP contribution in [0.25, 0.3) is 0 Å². The number of benzene rings is 2. The zero-order valence-electron chi connectivity index (χ0n) is 12.1. The van der Waals surface area contributed by atoms with Crippen molar-refractivity contribution in [1.82, 2.24) is 0 Å². The van der Waals surface area contributed by atoms with Crippen LogP contribution in [0, 0.1) is 26.6 Å². The van der Waals surface area contributed by atoms with Gasteiger partial charge in [-0.1, -0.05) is 17.7 Å². The van der Waals surface area contributed by atoms with Crippen LogP contribution >= 0.6 is 0 Å². The van der Waals surface area contributed by atoms with Crippen LogP contribution < -0.4 is 10.5 Å². The fourth-order valence-corrected chi connectivity index (χ4v) is 3.53. The summed E-state index contributed by atoms with van der Waals surface area (Å²) in [4.78, 5) is -0.420. The number of sulfonamides is 1. The zero-order valence-corrected chi connectivity index (χ0v) is 12.9. The maximum absolute atomic E-state index is 13.8. The van der Waals surface area contributed by atoms with Gasteiger partial charge in [-0.2, -0.15) is 0 Å². The lowest BCUT2D eigenvalue weighted by Crippen LogP contribution is -2.16. The van der Waals surface area contributed by atoms with E-state index < -0.39 is 20.7 Å². The van der Waals surface area contributed by atoms with E-state index in [0.29, 0.717) is 5.69 Å². The molecule has 4 nitrogen and oxygen atoms in total. The quantitative estimate of drug-likeness (QED) is 0.856. The lowest BCUT2D eigenvalue weighted by Gasteiger charge is -2.14. The number of halogens is 1. The molecule has 0 amide bonds. The van der Waals surface area contributed by atoms with Crippen molar-refractivity contribution in [3.63, 3.8) is 0 Å². The molecule has 0 unspecified atom stereocenters. The molecule has 3 N–H and O–H groups in total. The summed E-state index contributed by atoms with van der Waals surface area (Å²) < 4.78 is 40.9. The molecule has 0 bridgehead atoms. The number of hydrogen-bond donors (Lipinski definition) is 2. The van der Waals surface area contributed by atoms with Crippen LogP contribution in [0.15, 0.2) is 35.2 Å². The summed E-state index contributed by atoms with van der Waals surface area (Å²) in [6.45, 7) is 5.53. The standard InChI is InChI=1S/C15H17FN2O2S/c1-9-6-10(2)15(11(3)7-9)18-21(19,20)14-5-4-12(17)8-13(14)16/h4-8,18H,17H2,1-3H3. The third-order valence-electron chi connectivity index (χ3n) is 3.16. The molecular weight excluding hydrogens is 291 g/mol. The van der Waals surface area contributed by atoms with Crippen LogP contribution in [0.3, 0.4) is 0 Å². The predicted molar refractivity (Wildman–Crippen MR) is 82.3 cm³/mol. The minimum atomic E-state index is -4.00. The van der Waals surface area contributed by atoms with E-state index in [1.54, 1.807) is 13.8 Å². The molecule has 2 rings (SSSR count). The van der Waals surface area contributed by atoms with Crippen molar-refractivity contribution in [2.75, 3.05) is 10.5 Å². The normalized spacial score (nSPS) is 11.4. The molecule has 6 heteroatoms. The van der Waals surface area contributed by atoms with E-state index in [0.717, 1.165) is 28.8 Å². The number of hydrogen-bond acceptors (Lipinski definition) is 3. The molecule has 0 aromatic heterocycles. The van der Waals surface area contributed by atoms with Crippen molar-refractivity contribution >= 4 is 21.4 Å². The molecule has 0 aliphatic rings. The van der Waals surface area contributed by atoms with Crippen molar-refractivity contribution in [1.29, 1.82) is 0 Å². The number of nitrogens with one attached hydrogen (secondary N) is 1. The molecule has 0 radical (unpaired) electrons. The van der Waals surface area contributed by atoms with Gasteiger partial charge in [0.15, 0.2) is 0 Å². The average molecular weight is 308 g/mol. The van der Waals surface area contributed by atoms with Crippen LogP contribution in [0.2, 0.25) is 0 Å². The molecule has 0 heterocycles. The minimum absolute atomic E-state index is 0.175. The highest BCUT2D eigenvalue weighted by Crippen LogP contribution is 2.26. The Morgan fingerprint density at radius 2 is 1.62 bits per heavy atom. The first-order chi connectivity index (χ1) is 9.70. The van der Waals surface area contributed by atoms with E-state index >= 15 is 0 Å². The van der Waals surface area contributed by atoms with Gasteiger partial charge in [0.1, 0.15) is 10.7 Å². The van der Waals surface area contributed by atoms with Gasteiger partial charge in [0.2, 0.25) is 0 Å². The fraction of sp³-hybridized carbons (Fsp3) is 0.200. The van der Waals surface area contributed by atoms with Gasteiger partial charge < -0.3 is 5.73 Å². The molecule has 2 aromatic rings. The van der Waals surface area contributed by atoms with Gasteiger partial charge in [-0.3, -0.25) is 4.72 Å². The fourth-order valence-electron chi connectivity index (χ4n) is 2.27. The minimum Gasteiger partial charge on any atom is -0.399 e. The van der Waals surface area contributed by atoms with Crippen molar-refractivity contribution < 1.29 is 12.8 Å². The molecule has 0 saturated heterocycles. The summed E-state index contributed by atoms with van der Waals surface area (Å²) in [5, 5.41) is 0. The molecule has 21 heavy (non-hydrogen) atoms. The van der Waals surface area contributed by atoms with Crippen LogP contribution in [0.5, 0.6) is 0 Å². The Balaban J connectivity index is 2.47. The van der Waals surface area contributed by atoms with Gasteiger partial charge >= 0.3 is 0 Å². The van der Waals surface area contributed by atoms with Crippen LogP contribution in [-0.4, -0.2) is 8.42 Å². The Bertz CT molecular complexity index is 778. The second-order valence-corrected chi connectivity index (χ2v) is 6.72. The molecule has 0 aliphatic heterocycles. The second kappa shape index (κ2) is 5.37. The monoisotopic (exact) mass is 308 g/mol. The van der Waals surface area contributed by atoms with E-state index in [1.165, 1.54) is 6.07 Å². The van der Waals surface area contributed by atoms with Gasteiger partial charge in [0.05, 0.1) is 5.69 Å². The third kappa shape index (κ3) is 3.16. The van der Waals surface area contributed by atoms with E-state index in [9.17, 15) is 12.8 Å². The Morgan fingerprint density at radius 3 is 2.14 bits per heavy atom. The van der Waals surface area contributed by atoms with Gasteiger partial charge in [0, 0.05) is 5.69 Å². The molecular formula is C15H17FN2O2S. The van der Waals surface area contributed by atoms with E-state index in [4.69, 9.17) is 5.73 Å².